The molecular formula is C19H22N6O2. The first-order chi connectivity index (χ1) is 13.2. The van der Waals surface area contributed by atoms with Gasteiger partial charge in [0.05, 0.1) is 19.7 Å². The van der Waals surface area contributed by atoms with Crippen LogP contribution in [0.5, 0.6) is 5.75 Å². The summed E-state index contributed by atoms with van der Waals surface area (Å²) in [7, 11) is 3.75. The van der Waals surface area contributed by atoms with Crippen molar-refractivity contribution < 1.29 is 9.26 Å². The number of methoxy groups -OCH3 is 1. The molecule has 8 nitrogen and oxygen atoms in total. The molecule has 1 aliphatic heterocycles. The lowest BCUT2D eigenvalue weighted by atomic mass is 10.2. The predicted molar refractivity (Wildman–Crippen MR) is 101 cm³/mol. The van der Waals surface area contributed by atoms with E-state index in [1.54, 1.807) is 13.3 Å². The van der Waals surface area contributed by atoms with Gasteiger partial charge in [0.15, 0.2) is 0 Å². The van der Waals surface area contributed by atoms with Gasteiger partial charge in [0, 0.05) is 31.9 Å². The maximum absolute atomic E-state index is 5.39. The number of rotatable bonds is 5. The number of pyridine rings is 2. The van der Waals surface area contributed by atoms with E-state index < -0.39 is 0 Å². The number of anilines is 1. The third-order valence-corrected chi connectivity index (χ3v) is 4.62. The quantitative estimate of drug-likeness (QED) is 0.677. The van der Waals surface area contributed by atoms with Gasteiger partial charge in [-0.25, -0.2) is 4.98 Å². The van der Waals surface area contributed by atoms with E-state index in [4.69, 9.17) is 14.2 Å². The van der Waals surface area contributed by atoms with Crippen LogP contribution < -0.4 is 9.64 Å². The number of aromatic nitrogens is 4. The number of piperazine rings is 1. The molecule has 1 fully saturated rings. The summed E-state index contributed by atoms with van der Waals surface area (Å²) in [5.41, 5.74) is 1.55. The Morgan fingerprint density at radius 1 is 1.07 bits per heavy atom. The molecule has 0 bridgehead atoms. The highest BCUT2D eigenvalue weighted by Gasteiger charge is 2.17. The summed E-state index contributed by atoms with van der Waals surface area (Å²) >= 11 is 0. The molecule has 0 radical (unpaired) electrons. The number of hydrogen-bond acceptors (Lipinski definition) is 8. The first kappa shape index (κ1) is 17.4. The molecule has 0 atom stereocenters. The summed E-state index contributed by atoms with van der Waals surface area (Å²) in [5.74, 6) is 2.67. The summed E-state index contributed by atoms with van der Waals surface area (Å²) < 4.78 is 10.5. The first-order valence-electron chi connectivity index (χ1n) is 8.94. The zero-order valence-corrected chi connectivity index (χ0v) is 15.5. The third kappa shape index (κ3) is 4.06. The van der Waals surface area contributed by atoms with Crippen molar-refractivity contribution in [2.75, 3.05) is 45.2 Å². The number of likely N-dealkylation sites (N-methyl/N-ethyl adjacent to an activating group) is 1. The highest BCUT2D eigenvalue weighted by molar-refractivity contribution is 5.53. The van der Waals surface area contributed by atoms with E-state index >= 15 is 0 Å². The Hall–Kier alpha value is -3.00. The van der Waals surface area contributed by atoms with Crippen molar-refractivity contribution in [2.24, 2.45) is 0 Å². The maximum atomic E-state index is 5.39. The van der Waals surface area contributed by atoms with Crippen molar-refractivity contribution in [1.29, 1.82) is 0 Å². The highest BCUT2D eigenvalue weighted by atomic mass is 16.5. The van der Waals surface area contributed by atoms with Crippen molar-refractivity contribution in [3.63, 3.8) is 0 Å². The van der Waals surface area contributed by atoms with Crippen molar-refractivity contribution in [3.8, 4) is 17.3 Å². The van der Waals surface area contributed by atoms with E-state index in [0.29, 0.717) is 23.8 Å². The average Bonchev–Trinajstić information content (AvgIpc) is 3.18. The largest absolute Gasteiger partial charge is 0.495 e. The lowest BCUT2D eigenvalue weighted by Crippen LogP contribution is -2.44. The normalized spacial score (nSPS) is 15.1. The van der Waals surface area contributed by atoms with E-state index in [1.165, 1.54) is 0 Å². The van der Waals surface area contributed by atoms with Crippen LogP contribution in [-0.4, -0.2) is 65.3 Å². The molecule has 4 rings (SSSR count). The lowest BCUT2D eigenvalue weighted by molar-refractivity contribution is 0.312. The molecule has 1 saturated heterocycles. The van der Waals surface area contributed by atoms with Crippen LogP contribution in [0.3, 0.4) is 0 Å². The van der Waals surface area contributed by atoms with E-state index in [1.807, 2.05) is 30.3 Å². The zero-order valence-electron chi connectivity index (χ0n) is 15.5. The molecular weight excluding hydrogens is 344 g/mol. The minimum absolute atomic E-state index is 0.467. The van der Waals surface area contributed by atoms with Crippen molar-refractivity contribution in [2.45, 2.75) is 6.42 Å². The van der Waals surface area contributed by atoms with Gasteiger partial charge in [-0.15, -0.1) is 0 Å². The molecule has 140 valence electrons. The Kier molecular flexibility index (Phi) is 4.97. The van der Waals surface area contributed by atoms with Crippen LogP contribution in [0.15, 0.2) is 41.1 Å². The van der Waals surface area contributed by atoms with Gasteiger partial charge in [-0.05, 0) is 31.3 Å². The molecule has 27 heavy (non-hydrogen) atoms. The Morgan fingerprint density at radius 3 is 2.67 bits per heavy atom. The monoisotopic (exact) mass is 366 g/mol. The topological polar surface area (TPSA) is 80.4 Å². The fraction of sp³-hybridized carbons (Fsp3) is 0.368. The summed E-state index contributed by atoms with van der Waals surface area (Å²) in [6.07, 6.45) is 2.14. The van der Waals surface area contributed by atoms with Crippen LogP contribution in [0.1, 0.15) is 11.6 Å². The smallest absolute Gasteiger partial charge is 0.233 e. The Morgan fingerprint density at radius 2 is 1.93 bits per heavy atom. The van der Waals surface area contributed by atoms with Crippen molar-refractivity contribution in [1.82, 2.24) is 25.0 Å². The third-order valence-electron chi connectivity index (χ3n) is 4.62. The first-order valence-corrected chi connectivity index (χ1v) is 8.94. The number of ether oxygens (including phenoxy) is 1. The second-order valence-corrected chi connectivity index (χ2v) is 6.55. The second-order valence-electron chi connectivity index (χ2n) is 6.55. The maximum Gasteiger partial charge on any atom is 0.233 e. The molecule has 0 N–H and O–H groups in total. The van der Waals surface area contributed by atoms with E-state index in [9.17, 15) is 0 Å². The SMILES string of the molecule is COc1ccc(Cc2nc(-c3cccc(N4CCN(C)CC4)n3)no2)nc1. The van der Waals surface area contributed by atoms with Crippen LogP contribution in [-0.2, 0) is 6.42 Å². The van der Waals surface area contributed by atoms with Crippen LogP contribution >= 0.6 is 0 Å². The van der Waals surface area contributed by atoms with Gasteiger partial charge < -0.3 is 19.1 Å². The highest BCUT2D eigenvalue weighted by Crippen LogP contribution is 2.20. The summed E-state index contributed by atoms with van der Waals surface area (Å²) in [6.45, 7) is 4.00. The summed E-state index contributed by atoms with van der Waals surface area (Å²) in [6, 6.07) is 9.66. The molecule has 0 spiro atoms. The van der Waals surface area contributed by atoms with E-state index in [-0.39, 0.29) is 0 Å². The van der Waals surface area contributed by atoms with Gasteiger partial charge in [0.2, 0.25) is 11.7 Å². The van der Waals surface area contributed by atoms with E-state index in [0.717, 1.165) is 43.4 Å². The lowest BCUT2D eigenvalue weighted by Gasteiger charge is -2.33. The molecule has 0 saturated carbocycles. The van der Waals surface area contributed by atoms with Crippen molar-refractivity contribution >= 4 is 5.82 Å². The van der Waals surface area contributed by atoms with Crippen LogP contribution in [0.25, 0.3) is 11.5 Å². The number of hydrogen-bond donors (Lipinski definition) is 0. The van der Waals surface area contributed by atoms with Crippen LogP contribution in [0.4, 0.5) is 5.82 Å². The van der Waals surface area contributed by atoms with Gasteiger partial charge in [-0.2, -0.15) is 4.98 Å². The van der Waals surface area contributed by atoms with Gasteiger partial charge in [-0.3, -0.25) is 4.98 Å². The standard InChI is InChI=1S/C19H22N6O2/c1-24-8-10-25(11-9-24)17-5-3-4-16(21-17)19-22-18(27-23-19)12-14-6-7-15(26-2)13-20-14/h3-7,13H,8-12H2,1-2H3. The Bertz CT molecular complexity index is 887. The fourth-order valence-corrected chi connectivity index (χ4v) is 2.98. The molecule has 0 aliphatic carbocycles. The summed E-state index contributed by atoms with van der Waals surface area (Å²) in [4.78, 5) is 18.1. The van der Waals surface area contributed by atoms with Gasteiger partial charge in [0.1, 0.15) is 17.3 Å². The average molecular weight is 366 g/mol. The Balaban J connectivity index is 1.48. The van der Waals surface area contributed by atoms with Gasteiger partial charge in [-0.1, -0.05) is 11.2 Å². The van der Waals surface area contributed by atoms with Gasteiger partial charge in [0.25, 0.3) is 0 Å². The molecule has 4 heterocycles. The second kappa shape index (κ2) is 7.71. The molecule has 8 heteroatoms. The van der Waals surface area contributed by atoms with Crippen LogP contribution in [0, 0.1) is 0 Å². The minimum Gasteiger partial charge on any atom is -0.495 e. The fourth-order valence-electron chi connectivity index (χ4n) is 2.98. The zero-order chi connectivity index (χ0) is 18.6. The molecule has 1 aliphatic rings. The number of nitrogens with zero attached hydrogens (tertiary/aromatic N) is 6. The Labute approximate surface area is 157 Å². The molecule has 3 aromatic rings. The van der Waals surface area contributed by atoms with Gasteiger partial charge >= 0.3 is 0 Å². The van der Waals surface area contributed by atoms with Crippen molar-refractivity contribution in [3.05, 3.63) is 48.1 Å². The van der Waals surface area contributed by atoms with E-state index in [2.05, 4.69) is 32.0 Å². The molecule has 3 aromatic heterocycles. The molecule has 0 aromatic carbocycles. The predicted octanol–water partition coefficient (Wildman–Crippen LogP) is 1.88. The molecule has 0 amide bonds. The molecule has 0 unspecified atom stereocenters. The summed E-state index contributed by atoms with van der Waals surface area (Å²) in [5, 5.41) is 4.09. The minimum atomic E-state index is 0.467. The van der Waals surface area contributed by atoms with Crippen LogP contribution in [0.2, 0.25) is 0 Å².